The topological polar surface area (TPSA) is 76.0 Å². The Labute approximate surface area is 163 Å². The number of carbonyl (C=O) groups excluding carboxylic acids is 2. The van der Waals surface area contributed by atoms with Crippen molar-refractivity contribution in [3.8, 4) is 5.69 Å². The van der Waals surface area contributed by atoms with E-state index in [4.69, 9.17) is 0 Å². The summed E-state index contributed by atoms with van der Waals surface area (Å²) >= 11 is 0. The molecular formula is C22H22N4O2. The van der Waals surface area contributed by atoms with Gasteiger partial charge in [0.15, 0.2) is 5.82 Å². The van der Waals surface area contributed by atoms with Crippen LogP contribution in [0.15, 0.2) is 61.1 Å². The number of nitrogens with one attached hydrogen (secondary N) is 2. The zero-order valence-corrected chi connectivity index (χ0v) is 15.7. The van der Waals surface area contributed by atoms with Crippen molar-refractivity contribution in [1.82, 2.24) is 14.9 Å². The number of hydrogen-bond donors (Lipinski definition) is 2. The van der Waals surface area contributed by atoms with Gasteiger partial charge in [0.25, 0.3) is 5.91 Å². The molecule has 0 radical (unpaired) electrons. The number of anilines is 1. The molecule has 0 bridgehead atoms. The number of aryl methyl sites for hydroxylation is 1. The van der Waals surface area contributed by atoms with E-state index in [1.54, 1.807) is 24.7 Å². The Morgan fingerprint density at radius 1 is 1.07 bits per heavy atom. The lowest BCUT2D eigenvalue weighted by molar-refractivity contribution is -0.117. The van der Waals surface area contributed by atoms with Crippen molar-refractivity contribution >= 4 is 17.6 Å². The molecule has 0 atom stereocenters. The van der Waals surface area contributed by atoms with E-state index in [2.05, 4.69) is 15.6 Å². The van der Waals surface area contributed by atoms with Gasteiger partial charge in [-0.15, -0.1) is 0 Å². The maximum Gasteiger partial charge on any atom is 0.251 e. The van der Waals surface area contributed by atoms with Crippen molar-refractivity contribution in [2.24, 2.45) is 5.92 Å². The van der Waals surface area contributed by atoms with Gasteiger partial charge in [-0.1, -0.05) is 29.8 Å². The Balaban J connectivity index is 1.36. The number of carbonyl (C=O) groups is 2. The van der Waals surface area contributed by atoms with Crippen LogP contribution in [-0.4, -0.2) is 21.4 Å². The molecular weight excluding hydrogens is 352 g/mol. The maximum atomic E-state index is 12.4. The van der Waals surface area contributed by atoms with E-state index in [0.29, 0.717) is 17.9 Å². The summed E-state index contributed by atoms with van der Waals surface area (Å²) in [5, 5.41) is 5.75. The van der Waals surface area contributed by atoms with Crippen LogP contribution < -0.4 is 10.6 Å². The first-order valence-electron chi connectivity index (χ1n) is 9.37. The van der Waals surface area contributed by atoms with Gasteiger partial charge in [0.1, 0.15) is 6.33 Å². The fraction of sp³-hybridized carbons (Fsp3) is 0.227. The molecule has 1 aromatic heterocycles. The molecule has 4 rings (SSSR count). The minimum absolute atomic E-state index is 0.0332. The van der Waals surface area contributed by atoms with Crippen molar-refractivity contribution in [1.29, 1.82) is 0 Å². The van der Waals surface area contributed by atoms with E-state index in [9.17, 15) is 9.59 Å². The molecule has 142 valence electrons. The number of aromatic nitrogens is 2. The summed E-state index contributed by atoms with van der Waals surface area (Å²) in [6.45, 7) is 2.53. The maximum absolute atomic E-state index is 12.4. The molecule has 0 unspecified atom stereocenters. The fourth-order valence-electron chi connectivity index (χ4n) is 2.88. The molecule has 2 N–H and O–H groups in total. The van der Waals surface area contributed by atoms with Gasteiger partial charge in [-0.2, -0.15) is 0 Å². The Bertz CT molecular complexity index is 986. The monoisotopic (exact) mass is 374 g/mol. The number of benzene rings is 2. The van der Waals surface area contributed by atoms with Gasteiger partial charge in [-0.05, 0) is 49.6 Å². The van der Waals surface area contributed by atoms with Crippen molar-refractivity contribution in [3.63, 3.8) is 0 Å². The summed E-state index contributed by atoms with van der Waals surface area (Å²) in [4.78, 5) is 28.4. The smallest absolute Gasteiger partial charge is 0.251 e. The molecule has 2 amide bonds. The highest BCUT2D eigenvalue weighted by Gasteiger charge is 2.29. The van der Waals surface area contributed by atoms with E-state index in [-0.39, 0.29) is 17.7 Å². The van der Waals surface area contributed by atoms with Crippen LogP contribution in [0.25, 0.3) is 5.69 Å². The molecule has 2 aromatic carbocycles. The van der Waals surface area contributed by atoms with Gasteiger partial charge in [-0.3, -0.25) is 9.59 Å². The molecule has 1 heterocycles. The predicted octanol–water partition coefficient (Wildman–Crippen LogP) is 3.46. The van der Waals surface area contributed by atoms with E-state index < -0.39 is 0 Å². The first kappa shape index (κ1) is 18.0. The molecule has 3 aromatic rings. The predicted molar refractivity (Wildman–Crippen MR) is 107 cm³/mol. The third-order valence-electron chi connectivity index (χ3n) is 4.78. The molecule has 6 nitrogen and oxygen atoms in total. The van der Waals surface area contributed by atoms with Crippen LogP contribution in [-0.2, 0) is 11.3 Å². The second kappa shape index (κ2) is 7.68. The summed E-state index contributed by atoms with van der Waals surface area (Å²) in [6, 6.07) is 15.4. The van der Waals surface area contributed by atoms with Crippen LogP contribution in [0.1, 0.15) is 34.3 Å². The summed E-state index contributed by atoms with van der Waals surface area (Å²) < 4.78 is 1.82. The van der Waals surface area contributed by atoms with Crippen molar-refractivity contribution in [2.45, 2.75) is 26.3 Å². The van der Waals surface area contributed by atoms with Crippen molar-refractivity contribution < 1.29 is 9.59 Å². The number of rotatable bonds is 6. The van der Waals surface area contributed by atoms with Crippen LogP contribution >= 0.6 is 0 Å². The standard InChI is InChI=1S/C22H22N4O2/c1-15-2-4-16(5-3-15)12-23-21(27)17-8-10-19(11-9-17)26-13-20(24-14-26)25-22(28)18-6-7-18/h2-5,8-11,13-14,18H,6-7,12H2,1H3,(H,23,27)(H,25,28). The first-order chi connectivity index (χ1) is 13.6. The van der Waals surface area contributed by atoms with Gasteiger partial charge in [0, 0.05) is 23.7 Å². The third kappa shape index (κ3) is 4.28. The molecule has 28 heavy (non-hydrogen) atoms. The number of nitrogens with zero attached hydrogens (tertiary/aromatic N) is 2. The number of hydrogen-bond acceptors (Lipinski definition) is 3. The van der Waals surface area contributed by atoms with Gasteiger partial charge in [0.2, 0.25) is 5.91 Å². The molecule has 1 fully saturated rings. The fourth-order valence-corrected chi connectivity index (χ4v) is 2.88. The zero-order chi connectivity index (χ0) is 19.5. The average Bonchev–Trinajstić information content (AvgIpc) is 3.47. The minimum Gasteiger partial charge on any atom is -0.348 e. The molecule has 0 aliphatic heterocycles. The molecule has 6 heteroatoms. The highest BCUT2D eigenvalue weighted by atomic mass is 16.2. The highest BCUT2D eigenvalue weighted by molar-refractivity contribution is 5.94. The Hall–Kier alpha value is -3.41. The summed E-state index contributed by atoms with van der Waals surface area (Å²) in [5.41, 5.74) is 3.72. The van der Waals surface area contributed by atoms with E-state index in [1.165, 1.54) is 5.56 Å². The van der Waals surface area contributed by atoms with Crippen molar-refractivity contribution in [3.05, 3.63) is 77.7 Å². The van der Waals surface area contributed by atoms with Crippen LogP contribution in [0.5, 0.6) is 0 Å². The number of amides is 2. The lowest BCUT2D eigenvalue weighted by Crippen LogP contribution is -2.22. The van der Waals surface area contributed by atoms with Gasteiger partial charge < -0.3 is 15.2 Å². The van der Waals surface area contributed by atoms with Gasteiger partial charge in [-0.25, -0.2) is 4.98 Å². The second-order valence-corrected chi connectivity index (χ2v) is 7.14. The second-order valence-electron chi connectivity index (χ2n) is 7.14. The lowest BCUT2D eigenvalue weighted by Gasteiger charge is -2.07. The van der Waals surface area contributed by atoms with Gasteiger partial charge in [0.05, 0.1) is 6.20 Å². The van der Waals surface area contributed by atoms with Crippen LogP contribution in [0.2, 0.25) is 0 Å². The van der Waals surface area contributed by atoms with Crippen LogP contribution in [0, 0.1) is 12.8 Å². The molecule has 1 aliphatic carbocycles. The van der Waals surface area contributed by atoms with Crippen molar-refractivity contribution in [2.75, 3.05) is 5.32 Å². The van der Waals surface area contributed by atoms with Crippen LogP contribution in [0.4, 0.5) is 5.82 Å². The molecule has 0 spiro atoms. The third-order valence-corrected chi connectivity index (χ3v) is 4.78. The highest BCUT2D eigenvalue weighted by Crippen LogP contribution is 2.30. The molecule has 1 aliphatic rings. The van der Waals surface area contributed by atoms with E-state index in [0.717, 1.165) is 24.1 Å². The summed E-state index contributed by atoms with van der Waals surface area (Å²) in [7, 11) is 0. The zero-order valence-electron chi connectivity index (χ0n) is 15.7. The van der Waals surface area contributed by atoms with E-state index in [1.807, 2.05) is 47.9 Å². The normalized spacial score (nSPS) is 13.2. The molecule has 1 saturated carbocycles. The minimum atomic E-state index is -0.116. The SMILES string of the molecule is Cc1ccc(CNC(=O)c2ccc(-n3cnc(NC(=O)C4CC4)c3)cc2)cc1. The van der Waals surface area contributed by atoms with E-state index >= 15 is 0 Å². The Morgan fingerprint density at radius 3 is 2.46 bits per heavy atom. The first-order valence-corrected chi connectivity index (χ1v) is 9.37. The molecule has 0 saturated heterocycles. The summed E-state index contributed by atoms with van der Waals surface area (Å²) in [5.74, 6) is 0.598. The Kier molecular flexibility index (Phi) is 4.93. The number of imidazole rings is 1. The largest absolute Gasteiger partial charge is 0.348 e. The van der Waals surface area contributed by atoms with Crippen LogP contribution in [0.3, 0.4) is 0 Å². The average molecular weight is 374 g/mol. The quantitative estimate of drug-likeness (QED) is 0.694. The lowest BCUT2D eigenvalue weighted by atomic mass is 10.1. The Morgan fingerprint density at radius 2 is 1.79 bits per heavy atom. The summed E-state index contributed by atoms with van der Waals surface area (Å²) in [6.07, 6.45) is 5.34. The van der Waals surface area contributed by atoms with Gasteiger partial charge >= 0.3 is 0 Å².